The number of halogens is 1. The van der Waals surface area contributed by atoms with Gasteiger partial charge in [0.15, 0.2) is 6.61 Å². The summed E-state index contributed by atoms with van der Waals surface area (Å²) in [5.41, 5.74) is 2.43. The van der Waals surface area contributed by atoms with Crippen molar-refractivity contribution in [3.63, 3.8) is 0 Å². The zero-order valence-electron chi connectivity index (χ0n) is 26.1. The lowest BCUT2D eigenvalue weighted by Crippen LogP contribution is -2.42. The molecular weight excluding hydrogens is 730 g/mol. The molecule has 3 amide bonds. The van der Waals surface area contributed by atoms with Crippen LogP contribution in [0.4, 0.5) is 11.4 Å². The Morgan fingerprint density at radius 2 is 1.71 bits per heavy atom. The lowest BCUT2D eigenvalue weighted by Gasteiger charge is -2.43. The van der Waals surface area contributed by atoms with Gasteiger partial charge >= 0.3 is 10.8 Å². The van der Waals surface area contributed by atoms with Crippen molar-refractivity contribution in [3.8, 4) is 5.75 Å². The number of H-pyrrole nitrogens is 1. The van der Waals surface area contributed by atoms with E-state index in [2.05, 4.69) is 26.2 Å². The summed E-state index contributed by atoms with van der Waals surface area (Å²) in [6, 6.07) is 21.3. The first-order valence-electron chi connectivity index (χ1n) is 16.0. The number of carbonyl (C=O) groups is 4. The predicted octanol–water partition coefficient (Wildman–Crippen LogP) is 6.07. The third-order valence-electron chi connectivity index (χ3n) is 10.1. The summed E-state index contributed by atoms with van der Waals surface area (Å²) in [5.74, 6) is -1.51. The number of ether oxygens (including phenoxy) is 2. The van der Waals surface area contributed by atoms with Crippen LogP contribution in [0.2, 0.25) is 0 Å². The fourth-order valence-electron chi connectivity index (χ4n) is 8.28. The fourth-order valence-corrected chi connectivity index (χ4v) is 11.4. The zero-order valence-corrected chi connectivity index (χ0v) is 29.3. The van der Waals surface area contributed by atoms with Crippen molar-refractivity contribution >= 4 is 74.1 Å². The number of amides is 3. The first-order chi connectivity index (χ1) is 23.7. The molecule has 0 radical (unpaired) electrons. The second-order valence-electron chi connectivity index (χ2n) is 12.7. The molecule has 7 atom stereocenters. The lowest BCUT2D eigenvalue weighted by atomic mass is 9.68. The average Bonchev–Trinajstić information content (AvgIpc) is 3.83. The van der Waals surface area contributed by atoms with Gasteiger partial charge in [-0.25, -0.2) is 4.79 Å². The van der Waals surface area contributed by atoms with Gasteiger partial charge < -0.3 is 19.8 Å². The maximum absolute atomic E-state index is 14.0. The molecule has 1 aromatic heterocycles. The molecule has 2 saturated carbocycles. The summed E-state index contributed by atoms with van der Waals surface area (Å²) in [5, 5.41) is 3.66. The van der Waals surface area contributed by atoms with Gasteiger partial charge in [-0.3, -0.25) is 24.1 Å². The average molecular weight is 761 g/mol. The van der Waals surface area contributed by atoms with Crippen LogP contribution in [0.1, 0.15) is 40.1 Å². The first-order valence-corrected chi connectivity index (χ1v) is 18.5. The van der Waals surface area contributed by atoms with Crippen LogP contribution in [0.3, 0.4) is 0 Å². The molecule has 1 saturated heterocycles. The maximum Gasteiger partial charge on any atom is 0.338 e. The number of thioether (sulfide) groups is 1. The number of carbonyl (C=O) groups excluding carboxylic acids is 4. The molecule has 2 N–H and O–H groups in total. The number of esters is 1. The Balaban J connectivity index is 1.03. The van der Waals surface area contributed by atoms with E-state index < -0.39 is 11.9 Å². The lowest BCUT2D eigenvalue weighted by molar-refractivity contribution is -0.123. The minimum absolute atomic E-state index is 0.00966. The van der Waals surface area contributed by atoms with Crippen LogP contribution >= 0.6 is 39.0 Å². The number of rotatable bonds is 8. The highest BCUT2D eigenvalue weighted by molar-refractivity contribution is 9.10. The Bertz CT molecular complexity index is 2050. The van der Waals surface area contributed by atoms with Crippen molar-refractivity contribution in [2.75, 3.05) is 23.4 Å². The van der Waals surface area contributed by atoms with Gasteiger partial charge in [0, 0.05) is 26.2 Å². The number of aromatic amines is 1. The zero-order chi connectivity index (χ0) is 34.0. The van der Waals surface area contributed by atoms with Crippen LogP contribution in [0.5, 0.6) is 5.75 Å². The number of hydrogen-bond donors (Lipinski definition) is 2. The Labute approximate surface area is 297 Å². The van der Waals surface area contributed by atoms with Gasteiger partial charge in [0.1, 0.15) is 5.75 Å². The van der Waals surface area contributed by atoms with E-state index in [1.807, 2.05) is 30.3 Å². The standard InChI is InChI=1S/C36H30BrN3O7S2/c1-2-46-35(44)17-6-10-20(11-7-17)38-25(41)16-47-22-5-3-4-18(14-22)26-27-23-15-24(30(27)48-32-31(26)49-36(45)39-32)29-28(23)33(42)40(34(29)43)21-12-8-19(37)9-13-21/h3-14,23-24,26-30H,2,15-16H2,1H3,(H,38,41)(H,39,45)/t23?,24?,26-,27?,28?,29?,30?/m1/s1. The van der Waals surface area contributed by atoms with Gasteiger partial charge in [0.25, 0.3) is 5.91 Å². The summed E-state index contributed by atoms with van der Waals surface area (Å²) in [6.07, 6.45) is 0.788. The molecule has 49 heavy (non-hydrogen) atoms. The largest absolute Gasteiger partial charge is 0.484 e. The molecule has 0 spiro atoms. The van der Waals surface area contributed by atoms with E-state index in [1.165, 1.54) is 16.2 Å². The van der Waals surface area contributed by atoms with E-state index in [9.17, 15) is 24.0 Å². The Morgan fingerprint density at radius 3 is 2.45 bits per heavy atom. The SMILES string of the molecule is CCOC(=O)c1ccc(NC(=O)COc2cccc([C@H]3c4sc(=O)[nH]c4SC4C5CC(C6C(=O)N(c7ccc(Br)cc7)C(=O)C56)C43)c2)cc1. The van der Waals surface area contributed by atoms with Crippen molar-refractivity contribution in [3.05, 3.63) is 103 Å². The Hall–Kier alpha value is -4.20. The molecule has 3 aromatic carbocycles. The number of thiazole rings is 1. The summed E-state index contributed by atoms with van der Waals surface area (Å²) in [4.78, 5) is 70.4. The molecule has 4 aromatic rings. The van der Waals surface area contributed by atoms with Crippen LogP contribution in [0, 0.1) is 29.6 Å². The number of benzene rings is 3. The van der Waals surface area contributed by atoms with Gasteiger partial charge in [0.2, 0.25) is 11.8 Å². The van der Waals surface area contributed by atoms with Crippen molar-refractivity contribution in [2.24, 2.45) is 29.6 Å². The molecule has 10 nitrogen and oxygen atoms in total. The third-order valence-corrected chi connectivity index (χ3v) is 13.2. The van der Waals surface area contributed by atoms with E-state index >= 15 is 0 Å². The highest BCUT2D eigenvalue weighted by Crippen LogP contribution is 2.68. The normalized spacial score (nSPS) is 26.2. The molecule has 2 bridgehead atoms. The van der Waals surface area contributed by atoms with Crippen LogP contribution in [-0.2, 0) is 19.1 Å². The summed E-state index contributed by atoms with van der Waals surface area (Å²) >= 11 is 6.27. The van der Waals surface area contributed by atoms with Crippen molar-refractivity contribution in [1.29, 1.82) is 0 Å². The second-order valence-corrected chi connectivity index (χ2v) is 15.8. The maximum atomic E-state index is 14.0. The monoisotopic (exact) mass is 759 g/mol. The molecule has 13 heteroatoms. The van der Waals surface area contributed by atoms with Gasteiger partial charge in [-0.05, 0) is 97.3 Å². The topological polar surface area (TPSA) is 135 Å². The molecule has 6 unspecified atom stereocenters. The third kappa shape index (κ3) is 5.51. The van der Waals surface area contributed by atoms with Crippen LogP contribution in [0.15, 0.2) is 87.1 Å². The molecule has 3 heterocycles. The molecule has 250 valence electrons. The summed E-state index contributed by atoms with van der Waals surface area (Å²) < 4.78 is 11.8. The molecule has 2 aliphatic carbocycles. The van der Waals surface area contributed by atoms with Crippen molar-refractivity contribution in [1.82, 2.24) is 4.98 Å². The molecular formula is C36H30BrN3O7S2. The molecule has 8 rings (SSSR count). The van der Waals surface area contributed by atoms with Gasteiger partial charge in [0.05, 0.1) is 34.7 Å². The Kier molecular flexibility index (Phi) is 8.24. The molecule has 3 fully saturated rings. The van der Waals surface area contributed by atoms with Gasteiger partial charge in [-0.15, -0.1) is 11.8 Å². The van der Waals surface area contributed by atoms with Crippen LogP contribution in [-0.4, -0.2) is 47.1 Å². The number of nitrogens with one attached hydrogen (secondary N) is 2. The van der Waals surface area contributed by atoms with Crippen molar-refractivity contribution < 1.29 is 28.7 Å². The number of anilines is 2. The van der Waals surface area contributed by atoms with Crippen molar-refractivity contribution in [2.45, 2.75) is 29.5 Å². The van der Waals surface area contributed by atoms with E-state index in [0.29, 0.717) is 22.7 Å². The first kappa shape index (κ1) is 32.0. The summed E-state index contributed by atoms with van der Waals surface area (Å²) in [7, 11) is 0. The smallest absolute Gasteiger partial charge is 0.338 e. The minimum Gasteiger partial charge on any atom is -0.484 e. The minimum atomic E-state index is -0.429. The van der Waals surface area contributed by atoms with Gasteiger partial charge in [-0.1, -0.05) is 39.4 Å². The summed E-state index contributed by atoms with van der Waals surface area (Å²) in [6.45, 7) is 1.77. The van der Waals surface area contributed by atoms with Gasteiger partial charge in [-0.2, -0.15) is 0 Å². The number of nitrogens with zero attached hydrogens (tertiary/aromatic N) is 1. The fraction of sp³-hybridized carbons (Fsp3) is 0.306. The predicted molar refractivity (Wildman–Crippen MR) is 188 cm³/mol. The van der Waals surface area contributed by atoms with Crippen LogP contribution in [0.25, 0.3) is 0 Å². The van der Waals surface area contributed by atoms with E-state index in [4.69, 9.17) is 9.47 Å². The highest BCUT2D eigenvalue weighted by Gasteiger charge is 2.69. The number of fused-ring (bicyclic) bond motifs is 9. The van der Waals surface area contributed by atoms with Crippen LogP contribution < -0.4 is 19.8 Å². The quantitative estimate of drug-likeness (QED) is 0.163. The van der Waals surface area contributed by atoms with E-state index in [-0.39, 0.29) is 70.6 Å². The molecule has 4 aliphatic rings. The number of aromatic nitrogens is 1. The number of hydrogen-bond acceptors (Lipinski definition) is 9. The molecule has 2 aliphatic heterocycles. The van der Waals surface area contributed by atoms with E-state index in [1.54, 1.807) is 61.2 Å². The Morgan fingerprint density at radius 1 is 0.980 bits per heavy atom. The highest BCUT2D eigenvalue weighted by atomic mass is 79.9. The second kappa shape index (κ2) is 12.6. The van der Waals surface area contributed by atoms with E-state index in [0.717, 1.165) is 26.4 Å². The number of imide groups is 1.